The predicted octanol–water partition coefficient (Wildman–Crippen LogP) is 0.284. The van der Waals surface area contributed by atoms with E-state index in [0.29, 0.717) is 6.08 Å². The van der Waals surface area contributed by atoms with Crippen molar-refractivity contribution in [2.24, 2.45) is 5.73 Å². The van der Waals surface area contributed by atoms with E-state index in [0.717, 1.165) is 12.1 Å². The quantitative estimate of drug-likeness (QED) is 0.591. The second-order valence-electron chi connectivity index (χ2n) is 4.18. The van der Waals surface area contributed by atoms with Crippen LogP contribution in [0, 0.1) is 0 Å². The Balaban J connectivity index is 2.51. The number of amides is 1. The number of hydrogen-bond donors (Lipinski definition) is 2. The highest BCUT2D eigenvalue weighted by Gasteiger charge is 2.15. The first-order chi connectivity index (χ1) is 10.9. The van der Waals surface area contributed by atoms with E-state index in [2.05, 4.69) is 9.97 Å². The van der Waals surface area contributed by atoms with Crippen LogP contribution in [0.3, 0.4) is 0 Å². The second kappa shape index (κ2) is 6.52. The fraction of sp³-hybridized carbons (Fsp3) is 0.0714. The number of primary amides is 1. The lowest BCUT2D eigenvalue weighted by Gasteiger charge is -2.08. The van der Waals surface area contributed by atoms with Gasteiger partial charge >= 0.3 is 11.9 Å². The molecule has 0 bridgehead atoms. The van der Waals surface area contributed by atoms with Gasteiger partial charge in [-0.1, -0.05) is 0 Å². The van der Waals surface area contributed by atoms with Crippen molar-refractivity contribution < 1.29 is 29.0 Å². The molecule has 1 amide bonds. The number of carbonyl (C=O) groups excluding carboxylic acids is 2. The van der Waals surface area contributed by atoms with Crippen molar-refractivity contribution in [1.82, 2.24) is 9.97 Å². The highest BCUT2D eigenvalue weighted by Crippen LogP contribution is 2.26. The molecule has 118 valence electrons. The van der Waals surface area contributed by atoms with E-state index in [9.17, 15) is 14.4 Å². The van der Waals surface area contributed by atoms with Gasteiger partial charge in [0.15, 0.2) is 5.75 Å². The van der Waals surface area contributed by atoms with Crippen LogP contribution in [0.1, 0.15) is 10.5 Å². The van der Waals surface area contributed by atoms with E-state index < -0.39 is 17.8 Å². The Hall–Kier alpha value is -3.49. The molecule has 0 saturated carbocycles. The average Bonchev–Trinajstić information content (AvgIpc) is 2.52. The molecule has 2 heterocycles. The lowest BCUT2D eigenvalue weighted by Crippen LogP contribution is -2.14. The smallest absolute Gasteiger partial charge is 0.336 e. The maximum atomic E-state index is 11.6. The number of rotatable bonds is 5. The largest absolute Gasteiger partial charge is 0.481 e. The summed E-state index contributed by atoms with van der Waals surface area (Å²) in [4.78, 5) is 41.4. The third-order valence-corrected chi connectivity index (χ3v) is 2.62. The van der Waals surface area contributed by atoms with Crippen LogP contribution >= 0.6 is 0 Å². The molecule has 0 aliphatic heterocycles. The van der Waals surface area contributed by atoms with Gasteiger partial charge in [-0.25, -0.2) is 19.6 Å². The first-order valence-electron chi connectivity index (χ1n) is 6.19. The van der Waals surface area contributed by atoms with Crippen LogP contribution in [0.2, 0.25) is 0 Å². The van der Waals surface area contributed by atoms with Gasteiger partial charge in [-0.2, -0.15) is 0 Å². The Morgan fingerprint density at radius 3 is 2.57 bits per heavy atom. The topological polar surface area (TPSA) is 142 Å². The molecule has 9 heteroatoms. The molecule has 2 aromatic rings. The minimum absolute atomic E-state index is 0.0947. The van der Waals surface area contributed by atoms with Crippen molar-refractivity contribution in [3.05, 3.63) is 36.0 Å². The summed E-state index contributed by atoms with van der Waals surface area (Å²) in [5, 5.41) is 8.49. The normalized spacial score (nSPS) is 10.7. The van der Waals surface area contributed by atoms with Crippen molar-refractivity contribution >= 4 is 28.9 Å². The molecular weight excluding hydrogens is 306 g/mol. The maximum Gasteiger partial charge on any atom is 0.336 e. The molecule has 0 fully saturated rings. The van der Waals surface area contributed by atoms with Gasteiger partial charge in [-0.3, -0.25) is 4.79 Å². The number of aliphatic carboxylic acids is 1. The fourth-order valence-electron chi connectivity index (χ4n) is 1.66. The highest BCUT2D eigenvalue weighted by atomic mass is 16.5. The first-order valence-corrected chi connectivity index (χ1v) is 6.19. The zero-order valence-corrected chi connectivity index (χ0v) is 11.8. The van der Waals surface area contributed by atoms with Gasteiger partial charge in [0.05, 0.1) is 12.6 Å². The second-order valence-corrected chi connectivity index (χ2v) is 4.18. The molecule has 0 atom stereocenters. The number of esters is 1. The van der Waals surface area contributed by atoms with Gasteiger partial charge in [0.2, 0.25) is 5.88 Å². The van der Waals surface area contributed by atoms with Crippen molar-refractivity contribution in [3.63, 3.8) is 0 Å². The Labute approximate surface area is 129 Å². The van der Waals surface area contributed by atoms with Crippen LogP contribution in [0.4, 0.5) is 0 Å². The third-order valence-electron chi connectivity index (χ3n) is 2.62. The fourth-order valence-corrected chi connectivity index (χ4v) is 1.66. The van der Waals surface area contributed by atoms with Crippen LogP contribution in [0.5, 0.6) is 11.6 Å². The Bertz CT molecular complexity index is 831. The predicted molar refractivity (Wildman–Crippen MR) is 77.0 cm³/mol. The molecule has 0 saturated heterocycles. The summed E-state index contributed by atoms with van der Waals surface area (Å²) < 4.78 is 9.99. The monoisotopic (exact) mass is 317 g/mol. The van der Waals surface area contributed by atoms with Gasteiger partial charge in [0, 0.05) is 24.3 Å². The third kappa shape index (κ3) is 3.79. The average molecular weight is 317 g/mol. The van der Waals surface area contributed by atoms with Crippen LogP contribution in [0.15, 0.2) is 30.4 Å². The molecule has 2 rings (SSSR count). The molecule has 0 aliphatic rings. The summed E-state index contributed by atoms with van der Waals surface area (Å²) in [7, 11) is 1.40. The number of methoxy groups -OCH3 is 1. The molecule has 0 spiro atoms. The van der Waals surface area contributed by atoms with E-state index >= 15 is 0 Å². The van der Waals surface area contributed by atoms with E-state index in [1.807, 2.05) is 0 Å². The maximum absolute atomic E-state index is 11.6. The van der Waals surface area contributed by atoms with Crippen LogP contribution in [-0.4, -0.2) is 40.0 Å². The summed E-state index contributed by atoms with van der Waals surface area (Å²) in [6, 6.07) is 4.16. The minimum Gasteiger partial charge on any atom is -0.481 e. The summed E-state index contributed by atoms with van der Waals surface area (Å²) in [6.45, 7) is 0. The lowest BCUT2D eigenvalue weighted by molar-refractivity contribution is -0.133. The molecule has 3 N–H and O–H groups in total. The summed E-state index contributed by atoms with van der Waals surface area (Å²) in [6.07, 6.45) is 1.34. The standard InChI is InChI=1S/C14H11N3O6/c1-22-10-3-2-7-13(17-10)9(6-8(16-7)14(15)21)23-12(20)5-4-11(18)19/h2-6H,1H3,(H2,15,21)(H,18,19)/b5-4+. The molecule has 0 aliphatic carbocycles. The molecule has 0 unspecified atom stereocenters. The zero-order chi connectivity index (χ0) is 17.0. The van der Waals surface area contributed by atoms with Gasteiger partial charge in [0.1, 0.15) is 11.2 Å². The number of pyridine rings is 2. The number of carboxylic acids is 1. The van der Waals surface area contributed by atoms with Crippen LogP contribution in [0.25, 0.3) is 11.0 Å². The van der Waals surface area contributed by atoms with Crippen molar-refractivity contribution in [2.75, 3.05) is 7.11 Å². The first kappa shape index (κ1) is 15.9. The van der Waals surface area contributed by atoms with E-state index in [1.165, 1.54) is 19.2 Å². The van der Waals surface area contributed by atoms with Gasteiger partial charge in [-0.05, 0) is 6.07 Å². The Morgan fingerprint density at radius 2 is 1.96 bits per heavy atom. The number of nitrogens with two attached hydrogens (primary N) is 1. The number of carbonyl (C=O) groups is 3. The number of ether oxygens (including phenoxy) is 2. The summed E-state index contributed by atoms with van der Waals surface area (Å²) in [5.74, 6) is -2.94. The SMILES string of the molecule is COc1ccc2nc(C(N)=O)cc(OC(=O)/C=C/C(=O)O)c2n1. The molecule has 23 heavy (non-hydrogen) atoms. The molecule has 9 nitrogen and oxygen atoms in total. The van der Waals surface area contributed by atoms with Crippen LogP contribution < -0.4 is 15.2 Å². The summed E-state index contributed by atoms with van der Waals surface area (Å²) >= 11 is 0. The number of aromatic nitrogens is 2. The number of fused-ring (bicyclic) bond motifs is 1. The Morgan fingerprint density at radius 1 is 1.22 bits per heavy atom. The van der Waals surface area contributed by atoms with Crippen molar-refractivity contribution in [3.8, 4) is 11.6 Å². The van der Waals surface area contributed by atoms with Gasteiger partial charge < -0.3 is 20.3 Å². The number of carboxylic acid groups (broad SMARTS) is 1. The zero-order valence-electron chi connectivity index (χ0n) is 11.8. The summed E-state index contributed by atoms with van der Waals surface area (Å²) in [5.41, 5.74) is 5.47. The number of hydrogen-bond acceptors (Lipinski definition) is 7. The van der Waals surface area contributed by atoms with Crippen LogP contribution in [-0.2, 0) is 9.59 Å². The highest BCUT2D eigenvalue weighted by molar-refractivity contribution is 5.97. The van der Waals surface area contributed by atoms with Crippen molar-refractivity contribution in [2.45, 2.75) is 0 Å². The Kier molecular flexibility index (Phi) is 4.50. The van der Waals surface area contributed by atoms with E-state index in [-0.39, 0.29) is 28.4 Å². The molecule has 0 aromatic carbocycles. The molecule has 2 aromatic heterocycles. The lowest BCUT2D eigenvalue weighted by atomic mass is 10.2. The van der Waals surface area contributed by atoms with Gasteiger partial charge in [-0.15, -0.1) is 0 Å². The number of nitrogens with zero attached hydrogens (tertiary/aromatic N) is 2. The molecule has 0 radical (unpaired) electrons. The van der Waals surface area contributed by atoms with Gasteiger partial charge in [0.25, 0.3) is 5.91 Å². The molecular formula is C14H11N3O6. The van der Waals surface area contributed by atoms with E-state index in [1.54, 1.807) is 0 Å². The minimum atomic E-state index is -1.31. The van der Waals surface area contributed by atoms with Crippen molar-refractivity contribution in [1.29, 1.82) is 0 Å². The van der Waals surface area contributed by atoms with E-state index in [4.69, 9.17) is 20.3 Å².